The number of rotatable bonds is 3. The first-order valence-electron chi connectivity index (χ1n) is 10.4. The monoisotopic (exact) mass is 390 g/mol. The smallest absolute Gasteiger partial charge is 0.0524 e. The highest BCUT2D eigenvalue weighted by Crippen LogP contribution is 2.37. The van der Waals surface area contributed by atoms with Crippen LogP contribution in [0.1, 0.15) is 11.1 Å². The van der Waals surface area contributed by atoms with E-state index in [1.807, 2.05) is 6.07 Å². The van der Waals surface area contributed by atoms with Crippen molar-refractivity contribution in [2.45, 2.75) is 13.8 Å². The largest absolute Gasteiger partial charge is 0.345 e. The van der Waals surface area contributed by atoms with Gasteiger partial charge >= 0.3 is 0 Å². The van der Waals surface area contributed by atoms with Gasteiger partial charge < -0.3 is 9.47 Å². The van der Waals surface area contributed by atoms with Crippen molar-refractivity contribution in [2.75, 3.05) is 11.9 Å². The molecule has 0 N–H and O–H groups in total. The molecule has 0 radical (unpaired) electrons. The van der Waals surface area contributed by atoms with Crippen LogP contribution in [-0.2, 0) is 7.05 Å². The van der Waals surface area contributed by atoms with Gasteiger partial charge in [0.1, 0.15) is 0 Å². The maximum absolute atomic E-state index is 2.36. The van der Waals surface area contributed by atoms with Gasteiger partial charge in [0.05, 0.1) is 11.0 Å². The Labute approximate surface area is 178 Å². The van der Waals surface area contributed by atoms with Gasteiger partial charge in [-0.2, -0.15) is 0 Å². The maximum atomic E-state index is 2.36. The van der Waals surface area contributed by atoms with Crippen LogP contribution in [0.15, 0.2) is 84.9 Å². The van der Waals surface area contributed by atoms with Crippen molar-refractivity contribution >= 4 is 33.2 Å². The van der Waals surface area contributed by atoms with Crippen LogP contribution in [0.3, 0.4) is 0 Å². The van der Waals surface area contributed by atoms with E-state index < -0.39 is 0 Å². The minimum atomic E-state index is 1.18. The van der Waals surface area contributed by atoms with E-state index in [-0.39, 0.29) is 0 Å². The van der Waals surface area contributed by atoms with Crippen molar-refractivity contribution in [1.29, 1.82) is 0 Å². The quantitative estimate of drug-likeness (QED) is 0.312. The second-order valence-electron chi connectivity index (χ2n) is 8.11. The molecule has 0 atom stereocenters. The number of para-hydroxylation sites is 2. The van der Waals surface area contributed by atoms with E-state index in [4.69, 9.17) is 0 Å². The maximum Gasteiger partial charge on any atom is 0.0524 e. The summed E-state index contributed by atoms with van der Waals surface area (Å²) < 4.78 is 2.36. The van der Waals surface area contributed by atoms with Crippen molar-refractivity contribution in [2.24, 2.45) is 7.05 Å². The van der Waals surface area contributed by atoms with Gasteiger partial charge in [0.2, 0.25) is 0 Å². The van der Waals surface area contributed by atoms with Gasteiger partial charge in [-0.05, 0) is 60.4 Å². The first-order chi connectivity index (χ1) is 14.6. The normalized spacial score (nSPS) is 11.3. The number of anilines is 2. The molecule has 0 aliphatic carbocycles. The summed E-state index contributed by atoms with van der Waals surface area (Å²) in [5, 5.41) is 2.67. The van der Waals surface area contributed by atoms with E-state index in [9.17, 15) is 0 Å². The third-order valence-corrected chi connectivity index (χ3v) is 6.34. The summed E-state index contributed by atoms with van der Waals surface area (Å²) >= 11 is 0. The van der Waals surface area contributed by atoms with Crippen molar-refractivity contribution in [3.8, 4) is 11.1 Å². The second kappa shape index (κ2) is 7.07. The van der Waals surface area contributed by atoms with Crippen LogP contribution in [0.4, 0.5) is 11.4 Å². The first-order valence-corrected chi connectivity index (χ1v) is 10.4. The number of hydrogen-bond donors (Lipinski definition) is 0. The molecule has 0 fully saturated rings. The number of aromatic nitrogens is 1. The number of benzene rings is 4. The van der Waals surface area contributed by atoms with Crippen LogP contribution < -0.4 is 4.90 Å². The van der Waals surface area contributed by atoms with Crippen LogP contribution in [0.25, 0.3) is 32.9 Å². The summed E-state index contributed by atoms with van der Waals surface area (Å²) in [7, 11) is 4.30. The van der Waals surface area contributed by atoms with Gasteiger partial charge in [0.15, 0.2) is 0 Å². The van der Waals surface area contributed by atoms with E-state index >= 15 is 0 Å². The lowest BCUT2D eigenvalue weighted by Crippen LogP contribution is -2.08. The lowest BCUT2D eigenvalue weighted by Gasteiger charge is -2.20. The Morgan fingerprint density at radius 1 is 0.633 bits per heavy atom. The number of hydrogen-bond acceptors (Lipinski definition) is 1. The first kappa shape index (κ1) is 18.5. The number of nitrogens with zero attached hydrogens (tertiary/aromatic N) is 2. The highest BCUT2D eigenvalue weighted by atomic mass is 15.1. The summed E-state index contributed by atoms with van der Waals surface area (Å²) in [5.74, 6) is 0. The summed E-state index contributed by atoms with van der Waals surface area (Å²) in [6.07, 6.45) is 0. The summed E-state index contributed by atoms with van der Waals surface area (Å²) in [6.45, 7) is 4.44. The van der Waals surface area contributed by atoms with E-state index in [1.165, 1.54) is 55.4 Å². The van der Waals surface area contributed by atoms with E-state index in [0.29, 0.717) is 0 Å². The zero-order valence-electron chi connectivity index (χ0n) is 18.0. The summed E-state index contributed by atoms with van der Waals surface area (Å²) in [4.78, 5) is 2.21. The van der Waals surface area contributed by atoms with Crippen LogP contribution in [0.2, 0.25) is 0 Å². The fraction of sp³-hybridized carbons (Fsp3) is 0.143. The molecule has 4 aromatic carbocycles. The average molecular weight is 391 g/mol. The topological polar surface area (TPSA) is 8.17 Å². The molecule has 5 aromatic rings. The molecule has 1 aromatic heterocycles. The molecule has 148 valence electrons. The highest BCUT2D eigenvalue weighted by Gasteiger charge is 2.15. The predicted octanol–water partition coefficient (Wildman–Crippen LogP) is 7.38. The van der Waals surface area contributed by atoms with Crippen LogP contribution in [0.5, 0.6) is 0 Å². The molecule has 0 aliphatic heterocycles. The van der Waals surface area contributed by atoms with Crippen molar-refractivity contribution in [3.63, 3.8) is 0 Å². The molecule has 0 saturated heterocycles. The SMILES string of the molecule is Cc1cccc2c3ccc(-c4ccc(N(C)c5ccccc5)cc4)c(C)c3n(C)c12. The molecule has 0 unspecified atom stereocenters. The van der Waals surface area contributed by atoms with E-state index in [1.54, 1.807) is 0 Å². The molecule has 0 aliphatic rings. The van der Waals surface area contributed by atoms with Gasteiger partial charge in [-0.25, -0.2) is 0 Å². The Morgan fingerprint density at radius 2 is 1.30 bits per heavy atom. The molecule has 30 heavy (non-hydrogen) atoms. The highest BCUT2D eigenvalue weighted by molar-refractivity contribution is 6.11. The summed E-state index contributed by atoms with van der Waals surface area (Å²) in [6, 6.07) is 30.5. The lowest BCUT2D eigenvalue weighted by molar-refractivity contribution is 1.00. The van der Waals surface area contributed by atoms with E-state index in [0.717, 1.165) is 0 Å². The van der Waals surface area contributed by atoms with Crippen LogP contribution >= 0.6 is 0 Å². The minimum Gasteiger partial charge on any atom is -0.345 e. The Balaban J connectivity index is 1.60. The molecule has 1 heterocycles. The molecule has 5 rings (SSSR count). The predicted molar refractivity (Wildman–Crippen MR) is 130 cm³/mol. The van der Waals surface area contributed by atoms with Gasteiger partial charge in [0, 0.05) is 36.2 Å². The molecule has 2 nitrogen and oxygen atoms in total. The van der Waals surface area contributed by atoms with Crippen LogP contribution in [0, 0.1) is 13.8 Å². The lowest BCUT2D eigenvalue weighted by atomic mass is 9.97. The van der Waals surface area contributed by atoms with Crippen molar-refractivity contribution in [3.05, 3.63) is 96.1 Å². The Bertz CT molecular complexity index is 1360. The standard InChI is InChI=1S/C28H26N2/c1-19-9-8-12-25-26-18-17-24(20(2)28(26)30(4)27(19)25)21-13-15-23(16-14-21)29(3)22-10-6-5-7-11-22/h5-18H,1-4H3. The summed E-state index contributed by atoms with van der Waals surface area (Å²) in [5.41, 5.74) is 10.2. The van der Waals surface area contributed by atoms with Crippen molar-refractivity contribution in [1.82, 2.24) is 4.57 Å². The zero-order chi connectivity index (χ0) is 20.8. The molecule has 0 saturated carbocycles. The average Bonchev–Trinajstić information content (AvgIpc) is 3.08. The van der Waals surface area contributed by atoms with Gasteiger partial charge in [-0.15, -0.1) is 0 Å². The zero-order valence-corrected chi connectivity index (χ0v) is 18.0. The molecular weight excluding hydrogens is 364 g/mol. The molecule has 0 amide bonds. The van der Waals surface area contributed by atoms with Gasteiger partial charge in [-0.3, -0.25) is 0 Å². The number of fused-ring (bicyclic) bond motifs is 3. The molecular formula is C28H26N2. The fourth-order valence-corrected chi connectivity index (χ4v) is 4.76. The second-order valence-corrected chi connectivity index (χ2v) is 8.11. The Morgan fingerprint density at radius 3 is 2.03 bits per heavy atom. The van der Waals surface area contributed by atoms with E-state index in [2.05, 4.69) is 116 Å². The minimum absolute atomic E-state index is 1.18. The number of aryl methyl sites for hydroxylation is 3. The Kier molecular flexibility index (Phi) is 4.36. The van der Waals surface area contributed by atoms with Gasteiger partial charge in [-0.1, -0.05) is 60.7 Å². The third-order valence-electron chi connectivity index (χ3n) is 6.34. The molecule has 2 heteroatoms. The fourth-order valence-electron chi connectivity index (χ4n) is 4.76. The third kappa shape index (κ3) is 2.80. The van der Waals surface area contributed by atoms with Crippen molar-refractivity contribution < 1.29 is 0 Å². The Hall–Kier alpha value is -3.52. The molecule has 0 spiro atoms. The van der Waals surface area contributed by atoms with Gasteiger partial charge in [0.25, 0.3) is 0 Å². The molecule has 0 bridgehead atoms. The van der Waals surface area contributed by atoms with Crippen LogP contribution in [-0.4, -0.2) is 11.6 Å².